The van der Waals surface area contributed by atoms with Crippen LogP contribution in [0, 0.1) is 0 Å². The second-order valence-electron chi connectivity index (χ2n) is 3.59. The minimum Gasteiger partial charge on any atom is -0.454 e. The van der Waals surface area contributed by atoms with Gasteiger partial charge >= 0.3 is 5.97 Å². The summed E-state index contributed by atoms with van der Waals surface area (Å²) in [4.78, 5) is 21.3. The summed E-state index contributed by atoms with van der Waals surface area (Å²) in [6, 6.07) is 0. The van der Waals surface area contributed by atoms with Crippen molar-refractivity contribution in [3.05, 3.63) is 0 Å². The van der Waals surface area contributed by atoms with E-state index in [9.17, 15) is 9.59 Å². The van der Waals surface area contributed by atoms with Gasteiger partial charge in [-0.25, -0.2) is 0 Å². The number of aldehydes is 1. The third-order valence-corrected chi connectivity index (χ3v) is 2.89. The molecule has 0 aromatic rings. The highest BCUT2D eigenvalue weighted by Gasteiger charge is 2.17. The summed E-state index contributed by atoms with van der Waals surface area (Å²) in [7, 11) is 0. The highest BCUT2D eigenvalue weighted by molar-refractivity contribution is 9.10. The Balaban J connectivity index is 3.64. The zero-order valence-corrected chi connectivity index (χ0v) is 11.0. The van der Waals surface area contributed by atoms with Gasteiger partial charge < -0.3 is 4.74 Å². The second kappa shape index (κ2) is 8.89. The van der Waals surface area contributed by atoms with Crippen LogP contribution in [0.1, 0.15) is 46.0 Å². The molecule has 88 valence electrons. The van der Waals surface area contributed by atoms with Gasteiger partial charge in [0.05, 0.1) is 0 Å². The standard InChI is InChI=1S/C11H19BrO3/c1-3-4-5-6-7-10(12)11(14)15-9(2)8-13/h8-10H,3-7H2,1-2H3. The van der Waals surface area contributed by atoms with E-state index in [1.165, 1.54) is 12.8 Å². The van der Waals surface area contributed by atoms with Crippen LogP contribution in [0.15, 0.2) is 0 Å². The van der Waals surface area contributed by atoms with E-state index in [0.29, 0.717) is 6.29 Å². The molecule has 0 aliphatic rings. The number of hydrogen-bond acceptors (Lipinski definition) is 3. The largest absolute Gasteiger partial charge is 0.454 e. The summed E-state index contributed by atoms with van der Waals surface area (Å²) in [5, 5.41) is 0. The molecule has 0 N–H and O–H groups in total. The van der Waals surface area contributed by atoms with Crippen LogP contribution in [-0.2, 0) is 14.3 Å². The summed E-state index contributed by atoms with van der Waals surface area (Å²) in [6.07, 6.45) is 5.26. The van der Waals surface area contributed by atoms with Gasteiger partial charge in [0, 0.05) is 0 Å². The maximum Gasteiger partial charge on any atom is 0.320 e. The number of carbonyl (C=O) groups excluding carboxylic acids is 2. The molecular formula is C11H19BrO3. The van der Waals surface area contributed by atoms with Crippen molar-refractivity contribution >= 4 is 28.2 Å². The molecule has 0 fully saturated rings. The Labute approximate surface area is 99.7 Å². The van der Waals surface area contributed by atoms with Crippen LogP contribution in [0.5, 0.6) is 0 Å². The van der Waals surface area contributed by atoms with Crippen LogP contribution in [0.2, 0.25) is 0 Å². The van der Waals surface area contributed by atoms with E-state index in [-0.39, 0.29) is 10.8 Å². The third-order valence-electron chi connectivity index (χ3n) is 2.06. The molecule has 0 spiro atoms. The average molecular weight is 279 g/mol. The van der Waals surface area contributed by atoms with Gasteiger partial charge in [0.2, 0.25) is 0 Å². The molecule has 2 atom stereocenters. The van der Waals surface area contributed by atoms with Crippen molar-refractivity contribution in [2.45, 2.75) is 56.9 Å². The first-order chi connectivity index (χ1) is 7.11. The van der Waals surface area contributed by atoms with Crippen molar-refractivity contribution in [1.29, 1.82) is 0 Å². The SMILES string of the molecule is CCCCCCC(Br)C(=O)OC(C)C=O. The van der Waals surface area contributed by atoms with E-state index in [0.717, 1.165) is 19.3 Å². The number of alkyl halides is 1. The zero-order chi connectivity index (χ0) is 11.7. The lowest BCUT2D eigenvalue weighted by Gasteiger charge is -2.11. The maximum absolute atomic E-state index is 11.3. The van der Waals surface area contributed by atoms with Crippen LogP contribution < -0.4 is 0 Å². The summed E-state index contributed by atoms with van der Waals surface area (Å²) in [5.41, 5.74) is 0. The second-order valence-corrected chi connectivity index (χ2v) is 4.70. The van der Waals surface area contributed by atoms with E-state index < -0.39 is 6.10 Å². The Morgan fingerprint density at radius 1 is 1.40 bits per heavy atom. The Kier molecular flexibility index (Phi) is 8.67. The number of esters is 1. The van der Waals surface area contributed by atoms with Gasteiger partial charge in [0.15, 0.2) is 12.4 Å². The molecule has 0 saturated carbocycles. The first kappa shape index (κ1) is 14.6. The van der Waals surface area contributed by atoms with Crippen molar-refractivity contribution in [3.8, 4) is 0 Å². The highest BCUT2D eigenvalue weighted by Crippen LogP contribution is 2.14. The fraction of sp³-hybridized carbons (Fsp3) is 0.818. The smallest absolute Gasteiger partial charge is 0.320 e. The van der Waals surface area contributed by atoms with Crippen LogP contribution in [0.3, 0.4) is 0 Å². The number of halogens is 1. The molecule has 2 unspecified atom stereocenters. The molecular weight excluding hydrogens is 260 g/mol. The Morgan fingerprint density at radius 3 is 2.60 bits per heavy atom. The van der Waals surface area contributed by atoms with Gasteiger partial charge in [0.25, 0.3) is 0 Å². The van der Waals surface area contributed by atoms with Crippen molar-refractivity contribution in [2.24, 2.45) is 0 Å². The van der Waals surface area contributed by atoms with E-state index in [4.69, 9.17) is 4.74 Å². The molecule has 0 amide bonds. The van der Waals surface area contributed by atoms with Crippen LogP contribution in [0.25, 0.3) is 0 Å². The number of hydrogen-bond donors (Lipinski definition) is 0. The van der Waals surface area contributed by atoms with Crippen molar-refractivity contribution in [1.82, 2.24) is 0 Å². The Morgan fingerprint density at radius 2 is 2.07 bits per heavy atom. The summed E-state index contributed by atoms with van der Waals surface area (Å²) >= 11 is 3.26. The van der Waals surface area contributed by atoms with Crippen molar-refractivity contribution in [3.63, 3.8) is 0 Å². The van der Waals surface area contributed by atoms with E-state index in [2.05, 4.69) is 22.9 Å². The molecule has 0 saturated heterocycles. The molecule has 4 heteroatoms. The highest BCUT2D eigenvalue weighted by atomic mass is 79.9. The lowest BCUT2D eigenvalue weighted by Crippen LogP contribution is -2.23. The third kappa shape index (κ3) is 7.54. The summed E-state index contributed by atoms with van der Waals surface area (Å²) < 4.78 is 4.86. The maximum atomic E-state index is 11.3. The molecule has 0 aliphatic carbocycles. The predicted molar refractivity (Wildman–Crippen MR) is 63.1 cm³/mol. The fourth-order valence-electron chi connectivity index (χ4n) is 1.15. The van der Waals surface area contributed by atoms with Crippen LogP contribution >= 0.6 is 15.9 Å². The molecule has 0 heterocycles. The van der Waals surface area contributed by atoms with Gasteiger partial charge in [-0.1, -0.05) is 48.5 Å². The van der Waals surface area contributed by atoms with Gasteiger partial charge in [-0.2, -0.15) is 0 Å². The summed E-state index contributed by atoms with van der Waals surface area (Å²) in [5.74, 6) is -0.342. The fourth-order valence-corrected chi connectivity index (χ4v) is 1.58. The van der Waals surface area contributed by atoms with Gasteiger partial charge in [-0.05, 0) is 13.3 Å². The van der Waals surface area contributed by atoms with E-state index in [1.807, 2.05) is 0 Å². The zero-order valence-electron chi connectivity index (χ0n) is 9.37. The predicted octanol–water partition coefficient (Wildman–Crippen LogP) is 2.85. The summed E-state index contributed by atoms with van der Waals surface area (Å²) in [6.45, 7) is 3.70. The lowest BCUT2D eigenvalue weighted by molar-refractivity contribution is -0.150. The number of carbonyl (C=O) groups is 2. The molecule has 0 rings (SSSR count). The minimum absolute atomic E-state index is 0.281. The molecule has 3 nitrogen and oxygen atoms in total. The van der Waals surface area contributed by atoms with Crippen LogP contribution in [0.4, 0.5) is 0 Å². The molecule has 0 aromatic carbocycles. The van der Waals surface area contributed by atoms with E-state index in [1.54, 1.807) is 6.92 Å². The van der Waals surface area contributed by atoms with E-state index >= 15 is 0 Å². The molecule has 0 aliphatic heterocycles. The topological polar surface area (TPSA) is 43.4 Å². The quantitative estimate of drug-likeness (QED) is 0.297. The molecule has 0 aromatic heterocycles. The lowest BCUT2D eigenvalue weighted by atomic mass is 10.1. The minimum atomic E-state index is -0.645. The monoisotopic (exact) mass is 278 g/mol. The Hall–Kier alpha value is -0.380. The average Bonchev–Trinajstić information content (AvgIpc) is 2.23. The first-order valence-electron chi connectivity index (χ1n) is 5.41. The molecule has 15 heavy (non-hydrogen) atoms. The number of rotatable bonds is 8. The van der Waals surface area contributed by atoms with Gasteiger partial charge in [-0.3, -0.25) is 9.59 Å². The Bertz CT molecular complexity index is 194. The number of ether oxygens (including phenoxy) is 1. The number of unbranched alkanes of at least 4 members (excludes halogenated alkanes) is 3. The molecule has 0 bridgehead atoms. The normalized spacial score (nSPS) is 14.3. The van der Waals surface area contributed by atoms with Crippen molar-refractivity contribution in [2.75, 3.05) is 0 Å². The first-order valence-corrected chi connectivity index (χ1v) is 6.33. The van der Waals surface area contributed by atoms with Gasteiger partial charge in [-0.15, -0.1) is 0 Å². The van der Waals surface area contributed by atoms with Crippen LogP contribution in [-0.4, -0.2) is 23.2 Å². The van der Waals surface area contributed by atoms with Crippen molar-refractivity contribution < 1.29 is 14.3 Å². The van der Waals surface area contributed by atoms with Gasteiger partial charge in [0.1, 0.15) is 4.83 Å². The molecule has 0 radical (unpaired) electrons.